The molecular formula is C45H36. The third-order valence-corrected chi connectivity index (χ3v) is 37.4. The first-order valence-corrected chi connectivity index (χ1v) is 21.9. The van der Waals surface area contributed by atoms with Crippen LogP contribution in [0.25, 0.3) is 0 Å². The molecule has 30 unspecified atom stereocenters. The summed E-state index contributed by atoms with van der Waals surface area (Å²) in [6.07, 6.45) is 3.61. The summed E-state index contributed by atoms with van der Waals surface area (Å²) in [5.74, 6) is 22.2. The molecule has 28 fully saturated rings. The van der Waals surface area contributed by atoms with E-state index in [2.05, 4.69) is 34.6 Å². The van der Waals surface area contributed by atoms with Gasteiger partial charge in [-0.2, -0.15) is 0 Å². The van der Waals surface area contributed by atoms with Crippen LogP contribution >= 0.6 is 0 Å². The summed E-state index contributed by atoms with van der Waals surface area (Å²) in [6, 6.07) is 0. The lowest BCUT2D eigenvalue weighted by molar-refractivity contribution is -1.18. The van der Waals surface area contributed by atoms with Gasteiger partial charge in [0.25, 0.3) is 0 Å². The van der Waals surface area contributed by atoms with Crippen molar-refractivity contribution in [3.8, 4) is 0 Å². The summed E-state index contributed by atoms with van der Waals surface area (Å²) < 4.78 is 0. The minimum Gasteiger partial charge on any atom is -0.0616 e. The fraction of sp³-hybridized carbons (Fsp3) is 1.00. The van der Waals surface area contributed by atoms with E-state index in [4.69, 9.17) is 0 Å². The molecule has 0 N–H and O–H groups in total. The molecular weight excluding hydrogens is 540 g/mol. The standard InChI is InChI=1S/C45H36/c1-8-14-19-23-21-17-12-6-10-16-11-7-13-18-22-24-20-15-9(2)26(4)27(5)25(8,3)30(14)35(19)39(23)37(21)33(17)28(10,12)32(16)29(11,13)34(18)38(22)40(24)36(20)31(15,26)41(27,30)43(35,36)45(39,40)44(37,38)42(32,33)34/h8-24H,6-7H2,1-5H3. The van der Waals surface area contributed by atoms with Crippen molar-refractivity contribution in [2.24, 2.45) is 214 Å². The average Bonchev–Trinajstić information content (AvgIpc) is 2.92. The molecule has 0 bridgehead atoms. The van der Waals surface area contributed by atoms with E-state index in [-0.39, 0.29) is 0 Å². The fourth-order valence-corrected chi connectivity index (χ4v) is 46.0. The van der Waals surface area contributed by atoms with Crippen molar-refractivity contribution < 1.29 is 0 Å². The second-order valence-corrected chi connectivity index (χ2v) is 28.2. The van der Waals surface area contributed by atoms with Gasteiger partial charge in [0.15, 0.2) is 0 Å². The monoisotopic (exact) mass is 576 g/mol. The average molecular weight is 577 g/mol. The predicted molar refractivity (Wildman–Crippen MR) is 148 cm³/mol. The lowest BCUT2D eigenvalue weighted by Gasteiger charge is -3.63. The van der Waals surface area contributed by atoms with E-state index in [0.29, 0.717) is 0 Å². The van der Waals surface area contributed by atoms with Crippen molar-refractivity contribution >= 4 is 0 Å². The SMILES string of the molecule is CC1C2C3C4C5C6C7CC8C9C%10CC%11C%12C%13C%14C%15C%16C(C)C%17(C)C%18(C)C1(C)C21C32C43C54C65C87C96C%10%11C%127C%138C%149C%15%10C%16%17C%181C2%10C39C48C657. The van der Waals surface area contributed by atoms with Crippen LogP contribution in [0.15, 0.2) is 0 Å². The highest BCUT2D eigenvalue weighted by Crippen LogP contribution is 3.65. The first-order valence-electron chi connectivity index (χ1n) is 21.9. The van der Waals surface area contributed by atoms with E-state index in [1.165, 1.54) is 88.8 Å². The highest BCUT2D eigenvalue weighted by Gasteiger charge is 3.64. The van der Waals surface area contributed by atoms with Crippen LogP contribution < -0.4 is 0 Å². The molecule has 0 aromatic carbocycles. The lowest BCUT2D eigenvalue weighted by Crippen LogP contribution is -3.62. The van der Waals surface area contributed by atoms with E-state index in [1.54, 1.807) is 12.8 Å². The van der Waals surface area contributed by atoms with Crippen LogP contribution in [0, 0.1) is 214 Å². The van der Waals surface area contributed by atoms with Gasteiger partial charge in [0, 0.05) is 0 Å². The smallest absolute Gasteiger partial charge is 0.000716 e. The summed E-state index contributed by atoms with van der Waals surface area (Å²) in [6.45, 7) is 15.1. The molecule has 28 rings (SSSR count). The van der Waals surface area contributed by atoms with Gasteiger partial charge >= 0.3 is 0 Å². The van der Waals surface area contributed by atoms with E-state index < -0.39 is 0 Å². The zero-order chi connectivity index (χ0) is 26.7. The first-order chi connectivity index (χ1) is 21.9. The van der Waals surface area contributed by atoms with E-state index in [1.807, 2.05) is 0 Å². The van der Waals surface area contributed by atoms with E-state index >= 15 is 0 Å². The zero-order valence-corrected chi connectivity index (χ0v) is 26.7. The van der Waals surface area contributed by atoms with Crippen molar-refractivity contribution in [2.45, 2.75) is 47.5 Å². The first kappa shape index (κ1) is 16.8. The van der Waals surface area contributed by atoms with Gasteiger partial charge in [0.2, 0.25) is 0 Å². The molecule has 0 aliphatic heterocycles. The van der Waals surface area contributed by atoms with Gasteiger partial charge in [-0.1, -0.05) is 34.6 Å². The van der Waals surface area contributed by atoms with Crippen LogP contribution in [0.5, 0.6) is 0 Å². The highest BCUT2D eigenvalue weighted by atomic mass is 15.7. The maximum Gasteiger partial charge on any atom is -0.000716 e. The maximum absolute atomic E-state index is 3.11. The van der Waals surface area contributed by atoms with Gasteiger partial charge in [0.05, 0.1) is 0 Å². The molecule has 28 aliphatic carbocycles. The molecule has 45 heavy (non-hydrogen) atoms. The Balaban J connectivity index is 0.922. The second-order valence-electron chi connectivity index (χ2n) is 28.2. The van der Waals surface area contributed by atoms with Gasteiger partial charge in [-0.05, 0) is 227 Å². The second kappa shape index (κ2) is 2.54. The van der Waals surface area contributed by atoms with Gasteiger partial charge < -0.3 is 0 Å². The largest absolute Gasteiger partial charge is 0.0616 e. The van der Waals surface area contributed by atoms with Crippen molar-refractivity contribution in [3.05, 3.63) is 0 Å². The molecule has 0 heteroatoms. The van der Waals surface area contributed by atoms with Gasteiger partial charge in [-0.15, -0.1) is 0 Å². The predicted octanol–water partition coefficient (Wildman–Crippen LogP) is 5.44. The molecule has 0 radical (unpaired) electrons. The topological polar surface area (TPSA) is 0 Å². The Morgan fingerprint density at radius 2 is 0.711 bits per heavy atom. The number of hydrogen-bond donors (Lipinski definition) is 0. The Labute approximate surface area is 261 Å². The van der Waals surface area contributed by atoms with Crippen molar-refractivity contribution in [2.75, 3.05) is 0 Å². The molecule has 0 aromatic heterocycles. The van der Waals surface area contributed by atoms with Crippen LogP contribution in [0.1, 0.15) is 47.5 Å². The lowest BCUT2D eigenvalue weighted by atomic mass is 8.39. The van der Waals surface area contributed by atoms with E-state index in [0.717, 1.165) is 126 Å². The van der Waals surface area contributed by atoms with Gasteiger partial charge in [0.1, 0.15) is 0 Å². The third-order valence-electron chi connectivity index (χ3n) is 37.4. The molecule has 216 valence electrons. The normalized spacial score (nSPS) is 132. The third kappa shape index (κ3) is 0.377. The minimum atomic E-state index is 0.745. The van der Waals surface area contributed by atoms with Crippen LogP contribution in [0.2, 0.25) is 0 Å². The molecule has 0 saturated heterocycles. The van der Waals surface area contributed by atoms with Crippen LogP contribution in [0.3, 0.4) is 0 Å². The summed E-state index contributed by atoms with van der Waals surface area (Å²) in [5.41, 5.74) is 21.1. The van der Waals surface area contributed by atoms with Crippen molar-refractivity contribution in [1.82, 2.24) is 0 Å². The summed E-state index contributed by atoms with van der Waals surface area (Å²) in [7, 11) is 0. The number of hydrogen-bond acceptors (Lipinski definition) is 0. The van der Waals surface area contributed by atoms with Crippen molar-refractivity contribution in [1.29, 1.82) is 0 Å². The molecule has 28 saturated carbocycles. The summed E-state index contributed by atoms with van der Waals surface area (Å²) in [5, 5.41) is 0. The Morgan fingerprint density at radius 1 is 0.333 bits per heavy atom. The molecule has 0 amide bonds. The van der Waals surface area contributed by atoms with Gasteiger partial charge in [-0.25, -0.2) is 0 Å². The molecule has 0 heterocycles. The van der Waals surface area contributed by atoms with E-state index in [9.17, 15) is 0 Å². The molecule has 28 aliphatic rings. The molecule has 30 atom stereocenters. The Bertz CT molecular complexity index is 2380. The molecule has 0 nitrogen and oxygen atoms in total. The fourth-order valence-electron chi connectivity index (χ4n) is 46.0. The van der Waals surface area contributed by atoms with Crippen molar-refractivity contribution in [3.63, 3.8) is 0 Å². The summed E-state index contributed by atoms with van der Waals surface area (Å²) in [4.78, 5) is 0. The highest BCUT2D eigenvalue weighted by molar-refractivity contribution is 6.08. The zero-order valence-electron chi connectivity index (χ0n) is 26.7. The molecule has 0 aromatic rings. The van der Waals surface area contributed by atoms with Gasteiger partial charge in [-0.3, -0.25) is 0 Å². The van der Waals surface area contributed by atoms with Crippen LogP contribution in [0.4, 0.5) is 0 Å². The Hall–Kier alpha value is 0. The Kier molecular flexibility index (Phi) is 0.948. The molecule has 18 spiro atoms. The number of fused-ring (bicyclic) bond motifs is 14. The maximum atomic E-state index is 3.11. The number of rotatable bonds is 0. The minimum absolute atomic E-state index is 0.745. The Morgan fingerprint density at radius 3 is 1.24 bits per heavy atom. The van der Waals surface area contributed by atoms with Crippen LogP contribution in [-0.4, -0.2) is 0 Å². The quantitative estimate of drug-likeness (QED) is 0.361. The summed E-state index contributed by atoms with van der Waals surface area (Å²) >= 11 is 0. The van der Waals surface area contributed by atoms with Crippen LogP contribution in [-0.2, 0) is 0 Å².